The molecule has 0 aromatic rings. The third-order valence-electron chi connectivity index (χ3n) is 1.11. The van der Waals surface area contributed by atoms with Gasteiger partial charge < -0.3 is 4.74 Å². The van der Waals surface area contributed by atoms with Crippen LogP contribution < -0.4 is 5.48 Å². The lowest BCUT2D eigenvalue weighted by atomic mass is 10.3. The first kappa shape index (κ1) is 9.88. The number of hydrogen-bond donors (Lipinski definition) is 0. The number of hydroxylamine groups is 1. The minimum Gasteiger partial charge on any atom is -0.354 e. The highest BCUT2D eigenvalue weighted by Gasteiger charge is 2.04. The molecule has 0 rings (SSSR count). The molecule has 0 fully saturated rings. The van der Waals surface area contributed by atoms with Crippen molar-refractivity contribution in [2.24, 2.45) is 0 Å². The molecular weight excluding hydrogens is 130 g/mol. The number of rotatable bonds is 6. The van der Waals surface area contributed by atoms with Crippen LogP contribution in [0.15, 0.2) is 0 Å². The fourth-order valence-corrected chi connectivity index (χ4v) is 0.607. The van der Waals surface area contributed by atoms with Gasteiger partial charge in [-0.05, 0) is 13.3 Å². The summed E-state index contributed by atoms with van der Waals surface area (Å²) in [6, 6.07) is 0. The van der Waals surface area contributed by atoms with Gasteiger partial charge in [-0.3, -0.25) is 4.84 Å². The van der Waals surface area contributed by atoms with Crippen LogP contribution in [0.2, 0.25) is 0 Å². The predicted octanol–water partition coefficient (Wildman–Crippen LogP) is 1.31. The molecule has 0 aromatic heterocycles. The van der Waals surface area contributed by atoms with Crippen LogP contribution in [0.4, 0.5) is 0 Å². The third-order valence-corrected chi connectivity index (χ3v) is 1.11. The van der Waals surface area contributed by atoms with E-state index in [2.05, 4.69) is 12.4 Å². The van der Waals surface area contributed by atoms with Crippen molar-refractivity contribution in [2.75, 3.05) is 13.7 Å². The number of ether oxygens (including phenoxy) is 1. The van der Waals surface area contributed by atoms with E-state index in [0.29, 0.717) is 6.54 Å². The van der Waals surface area contributed by atoms with E-state index in [1.807, 2.05) is 6.92 Å². The second-order valence-electron chi connectivity index (χ2n) is 2.00. The Morgan fingerprint density at radius 3 is 2.50 bits per heavy atom. The standard InChI is InChI=1S/C7H16NO2/c1-4-6-7(9-3)10-8-5-2/h7H,4-6H2,1-3H3. The summed E-state index contributed by atoms with van der Waals surface area (Å²) >= 11 is 0. The molecule has 10 heavy (non-hydrogen) atoms. The summed E-state index contributed by atoms with van der Waals surface area (Å²) in [6.45, 7) is 4.70. The van der Waals surface area contributed by atoms with E-state index in [4.69, 9.17) is 9.57 Å². The molecule has 0 saturated carbocycles. The van der Waals surface area contributed by atoms with Gasteiger partial charge in [0.2, 0.25) is 0 Å². The first-order valence-corrected chi connectivity index (χ1v) is 3.70. The first-order valence-electron chi connectivity index (χ1n) is 3.70. The second-order valence-corrected chi connectivity index (χ2v) is 2.00. The summed E-state index contributed by atoms with van der Waals surface area (Å²) in [5.41, 5.74) is 3.74. The maximum atomic E-state index is 4.98. The van der Waals surface area contributed by atoms with E-state index in [1.54, 1.807) is 7.11 Å². The van der Waals surface area contributed by atoms with Crippen LogP contribution in [0.5, 0.6) is 0 Å². The Kier molecular flexibility index (Phi) is 6.91. The zero-order valence-electron chi connectivity index (χ0n) is 6.96. The van der Waals surface area contributed by atoms with Crippen molar-refractivity contribution in [3.8, 4) is 0 Å². The van der Waals surface area contributed by atoms with Crippen LogP contribution in [0.1, 0.15) is 26.7 Å². The van der Waals surface area contributed by atoms with Crippen LogP contribution in [0, 0.1) is 0 Å². The maximum Gasteiger partial charge on any atom is 0.178 e. The zero-order valence-corrected chi connectivity index (χ0v) is 6.96. The number of methoxy groups -OCH3 is 1. The zero-order chi connectivity index (χ0) is 7.82. The van der Waals surface area contributed by atoms with Crippen molar-refractivity contribution in [3.63, 3.8) is 0 Å². The smallest absolute Gasteiger partial charge is 0.178 e. The molecule has 0 saturated heterocycles. The summed E-state index contributed by atoms with van der Waals surface area (Å²) < 4.78 is 4.98. The summed E-state index contributed by atoms with van der Waals surface area (Å²) in [4.78, 5) is 4.98. The Morgan fingerprint density at radius 1 is 1.40 bits per heavy atom. The summed E-state index contributed by atoms with van der Waals surface area (Å²) in [7, 11) is 1.63. The van der Waals surface area contributed by atoms with Gasteiger partial charge in [0.05, 0.1) is 0 Å². The molecule has 61 valence electrons. The molecule has 0 N–H and O–H groups in total. The lowest BCUT2D eigenvalue weighted by Gasteiger charge is -2.12. The van der Waals surface area contributed by atoms with Gasteiger partial charge >= 0.3 is 0 Å². The molecular formula is C7H16NO2. The third kappa shape index (κ3) is 4.73. The van der Waals surface area contributed by atoms with Gasteiger partial charge in [-0.25, -0.2) is 0 Å². The van der Waals surface area contributed by atoms with Crippen LogP contribution in [0.25, 0.3) is 0 Å². The molecule has 3 heteroatoms. The largest absolute Gasteiger partial charge is 0.354 e. The first-order chi connectivity index (χ1) is 4.85. The fraction of sp³-hybridized carbons (Fsp3) is 1.00. The average Bonchev–Trinajstić information content (AvgIpc) is 1.98. The van der Waals surface area contributed by atoms with Crippen molar-refractivity contribution in [3.05, 3.63) is 0 Å². The molecule has 0 aliphatic heterocycles. The van der Waals surface area contributed by atoms with Gasteiger partial charge in [0.15, 0.2) is 6.29 Å². The van der Waals surface area contributed by atoms with Crippen molar-refractivity contribution in [2.45, 2.75) is 33.0 Å². The molecule has 0 spiro atoms. The molecule has 0 aromatic carbocycles. The molecule has 0 aliphatic rings. The van der Waals surface area contributed by atoms with Gasteiger partial charge in [0, 0.05) is 13.7 Å². The van der Waals surface area contributed by atoms with Crippen molar-refractivity contribution < 1.29 is 9.57 Å². The lowest BCUT2D eigenvalue weighted by Crippen LogP contribution is -2.20. The van der Waals surface area contributed by atoms with Crippen LogP contribution in [-0.2, 0) is 9.57 Å². The minimum absolute atomic E-state index is 0.148. The topological polar surface area (TPSA) is 32.6 Å². The highest BCUT2D eigenvalue weighted by atomic mass is 16.8. The lowest BCUT2D eigenvalue weighted by molar-refractivity contribution is -0.171. The summed E-state index contributed by atoms with van der Waals surface area (Å²) in [5.74, 6) is 0. The van der Waals surface area contributed by atoms with Crippen molar-refractivity contribution in [1.82, 2.24) is 5.48 Å². The van der Waals surface area contributed by atoms with Crippen LogP contribution >= 0.6 is 0 Å². The predicted molar refractivity (Wildman–Crippen MR) is 39.5 cm³/mol. The molecule has 1 radical (unpaired) electrons. The van der Waals surface area contributed by atoms with Gasteiger partial charge in [0.1, 0.15) is 0 Å². The monoisotopic (exact) mass is 146 g/mol. The minimum atomic E-state index is -0.148. The van der Waals surface area contributed by atoms with Gasteiger partial charge in [-0.15, -0.1) is 0 Å². The molecule has 0 amide bonds. The van der Waals surface area contributed by atoms with Gasteiger partial charge in [-0.2, -0.15) is 0 Å². The molecule has 3 nitrogen and oxygen atoms in total. The Bertz CT molecular complexity index is 68.6. The Balaban J connectivity index is 3.21. The van der Waals surface area contributed by atoms with E-state index in [0.717, 1.165) is 12.8 Å². The molecule has 1 unspecified atom stereocenters. The Hall–Kier alpha value is -0.120. The van der Waals surface area contributed by atoms with E-state index in [-0.39, 0.29) is 6.29 Å². The second kappa shape index (κ2) is 6.99. The highest BCUT2D eigenvalue weighted by molar-refractivity contribution is 4.38. The number of hydrogen-bond acceptors (Lipinski definition) is 2. The molecule has 1 atom stereocenters. The van der Waals surface area contributed by atoms with Crippen LogP contribution in [-0.4, -0.2) is 19.9 Å². The summed E-state index contributed by atoms with van der Waals surface area (Å²) in [5, 5.41) is 0. The fourth-order valence-electron chi connectivity index (χ4n) is 0.607. The summed E-state index contributed by atoms with van der Waals surface area (Å²) in [6.07, 6.45) is 1.81. The molecule has 0 heterocycles. The average molecular weight is 146 g/mol. The highest BCUT2D eigenvalue weighted by Crippen LogP contribution is 2.00. The van der Waals surface area contributed by atoms with Crippen LogP contribution in [0.3, 0.4) is 0 Å². The normalized spacial score (nSPS) is 13.5. The number of nitrogens with zero attached hydrogens (tertiary/aromatic N) is 1. The molecule has 0 aliphatic carbocycles. The van der Waals surface area contributed by atoms with Gasteiger partial charge in [-0.1, -0.05) is 18.8 Å². The van der Waals surface area contributed by atoms with Gasteiger partial charge in [0.25, 0.3) is 0 Å². The van der Waals surface area contributed by atoms with Crippen molar-refractivity contribution >= 4 is 0 Å². The maximum absolute atomic E-state index is 4.98. The Labute approximate surface area is 62.7 Å². The van der Waals surface area contributed by atoms with Crippen molar-refractivity contribution in [1.29, 1.82) is 0 Å². The molecule has 0 bridgehead atoms. The van der Waals surface area contributed by atoms with E-state index >= 15 is 0 Å². The van der Waals surface area contributed by atoms with E-state index in [9.17, 15) is 0 Å². The quantitative estimate of drug-likeness (QED) is 0.418. The van der Waals surface area contributed by atoms with E-state index < -0.39 is 0 Å². The Morgan fingerprint density at radius 2 is 2.10 bits per heavy atom. The SMILES string of the molecule is CCCC(OC)O[N]CC. The van der Waals surface area contributed by atoms with E-state index in [1.165, 1.54) is 0 Å².